The highest BCUT2D eigenvalue weighted by Gasteiger charge is 2.33. The maximum atomic E-state index is 15.2. The van der Waals surface area contributed by atoms with Crippen molar-refractivity contribution in [1.82, 2.24) is 9.88 Å². The fraction of sp³-hybridized carbons (Fsp3) is 0.217. The number of hydrogen-bond acceptors (Lipinski definition) is 5. The highest BCUT2D eigenvalue weighted by Crippen LogP contribution is 2.28. The highest BCUT2D eigenvalue weighted by molar-refractivity contribution is 5.97. The number of Topliss-reactive ketones (excluding diaryl/α,β-unsaturated/α-hetero) is 1. The summed E-state index contributed by atoms with van der Waals surface area (Å²) in [6, 6.07) is 5.12. The summed E-state index contributed by atoms with van der Waals surface area (Å²) in [6.07, 6.45) is -0.290. The lowest BCUT2D eigenvalue weighted by Crippen LogP contribution is -2.33. The van der Waals surface area contributed by atoms with Gasteiger partial charge in [0.2, 0.25) is 5.91 Å². The quantitative estimate of drug-likeness (QED) is 0.575. The van der Waals surface area contributed by atoms with Gasteiger partial charge in [0.05, 0.1) is 35.5 Å². The number of rotatable bonds is 5. The first kappa shape index (κ1) is 23.0. The van der Waals surface area contributed by atoms with Crippen molar-refractivity contribution >= 4 is 34.4 Å². The Morgan fingerprint density at radius 3 is 2.41 bits per heavy atom. The monoisotopic (exact) mass is 473 g/mol. The van der Waals surface area contributed by atoms with Crippen LogP contribution in [0.3, 0.4) is 0 Å². The number of carbonyl (C=O) groups excluding carboxylic acids is 3. The van der Waals surface area contributed by atoms with E-state index in [-0.39, 0.29) is 46.8 Å². The van der Waals surface area contributed by atoms with Crippen molar-refractivity contribution in [3.05, 3.63) is 69.8 Å². The first-order valence-corrected chi connectivity index (χ1v) is 10.1. The number of fused-ring (bicyclic) bond motifs is 1. The molecule has 8 nitrogen and oxygen atoms in total. The Balaban J connectivity index is 1.77. The molecule has 0 radical (unpaired) electrons. The van der Waals surface area contributed by atoms with E-state index >= 15 is 4.39 Å². The molecule has 1 unspecified atom stereocenters. The number of pyridine rings is 1. The van der Waals surface area contributed by atoms with Crippen LogP contribution in [0.4, 0.5) is 23.7 Å². The molecule has 2 aromatic carbocycles. The van der Waals surface area contributed by atoms with Crippen LogP contribution in [0, 0.1) is 17.5 Å². The van der Waals surface area contributed by atoms with Gasteiger partial charge in [-0.15, -0.1) is 0 Å². The van der Waals surface area contributed by atoms with E-state index in [4.69, 9.17) is 4.74 Å². The number of ether oxygens (including phenoxy) is 1. The summed E-state index contributed by atoms with van der Waals surface area (Å²) in [7, 11) is 0. The van der Waals surface area contributed by atoms with Gasteiger partial charge in [0.15, 0.2) is 22.8 Å². The van der Waals surface area contributed by atoms with E-state index in [0.717, 1.165) is 29.8 Å². The molecule has 34 heavy (non-hydrogen) atoms. The van der Waals surface area contributed by atoms with E-state index in [1.165, 1.54) is 24.0 Å². The number of amides is 2. The molecule has 0 spiro atoms. The minimum Gasteiger partial charge on any atom is -0.442 e. The Bertz CT molecular complexity index is 1420. The molecule has 176 valence electrons. The average molecular weight is 473 g/mol. The number of anilines is 1. The molecular formula is C23H18F3N3O5. The second-order valence-electron chi connectivity index (χ2n) is 7.77. The Hall–Kier alpha value is -4.15. The molecule has 1 aromatic heterocycles. The number of aromatic nitrogens is 1. The summed E-state index contributed by atoms with van der Waals surface area (Å²) in [5, 5.41) is 2.24. The molecule has 2 amide bonds. The molecule has 1 N–H and O–H groups in total. The van der Waals surface area contributed by atoms with Gasteiger partial charge in [0.25, 0.3) is 0 Å². The molecule has 0 saturated carbocycles. The molecular weight excluding hydrogens is 455 g/mol. The molecule has 1 fully saturated rings. The molecule has 1 saturated heterocycles. The molecule has 1 aliphatic heterocycles. The van der Waals surface area contributed by atoms with Crippen LogP contribution in [0.25, 0.3) is 16.6 Å². The number of ketones is 1. The summed E-state index contributed by atoms with van der Waals surface area (Å²) in [4.78, 5) is 49.0. The standard InChI is InChI=1S/C23H18F3N3O5/c1-11(30)16-10-29(21-7-18(25)17(24)6-15(21)22(16)32)20-4-3-13(5-19(20)26)28-9-14(34-23(28)33)8-27-12(2)31/h3-7,10,14H,8-9H2,1-2H3,(H,27,31). The number of hydrogen-bond donors (Lipinski definition) is 1. The number of halogens is 3. The van der Waals surface area contributed by atoms with Crippen molar-refractivity contribution in [2.75, 3.05) is 18.0 Å². The summed E-state index contributed by atoms with van der Waals surface area (Å²) in [5.41, 5.74) is -1.28. The van der Waals surface area contributed by atoms with Crippen LogP contribution < -0.4 is 15.6 Å². The summed E-state index contributed by atoms with van der Waals surface area (Å²) in [6.45, 7) is 2.61. The third-order valence-corrected chi connectivity index (χ3v) is 5.38. The first-order chi connectivity index (χ1) is 16.1. The van der Waals surface area contributed by atoms with Crippen LogP contribution >= 0.6 is 0 Å². The van der Waals surface area contributed by atoms with E-state index in [1.807, 2.05) is 0 Å². The Morgan fingerprint density at radius 1 is 1.06 bits per heavy atom. The van der Waals surface area contributed by atoms with E-state index in [2.05, 4.69) is 5.32 Å². The van der Waals surface area contributed by atoms with Crippen molar-refractivity contribution in [3.8, 4) is 5.69 Å². The molecule has 3 aromatic rings. The number of benzene rings is 2. The van der Waals surface area contributed by atoms with Gasteiger partial charge in [-0.05, 0) is 31.2 Å². The lowest BCUT2D eigenvalue weighted by Gasteiger charge is -2.17. The van der Waals surface area contributed by atoms with Crippen molar-refractivity contribution < 1.29 is 32.3 Å². The molecule has 2 heterocycles. The SMILES string of the molecule is CC(=O)NCC1CN(c2ccc(-n3cc(C(C)=O)c(=O)c4cc(F)c(F)cc43)c(F)c2)C(=O)O1. The Kier molecular flexibility index (Phi) is 5.86. The second kappa shape index (κ2) is 8.65. The minimum atomic E-state index is -1.28. The molecule has 0 bridgehead atoms. The zero-order valence-corrected chi connectivity index (χ0v) is 18.0. The van der Waals surface area contributed by atoms with Crippen molar-refractivity contribution in [3.63, 3.8) is 0 Å². The summed E-state index contributed by atoms with van der Waals surface area (Å²) < 4.78 is 49.2. The second-order valence-corrected chi connectivity index (χ2v) is 7.77. The van der Waals surface area contributed by atoms with Crippen LogP contribution in [0.5, 0.6) is 0 Å². The van der Waals surface area contributed by atoms with Gasteiger partial charge in [-0.1, -0.05) is 0 Å². The molecule has 1 aliphatic rings. The smallest absolute Gasteiger partial charge is 0.414 e. The number of carbonyl (C=O) groups is 3. The lowest BCUT2D eigenvalue weighted by atomic mass is 10.1. The fourth-order valence-electron chi connectivity index (χ4n) is 3.73. The lowest BCUT2D eigenvalue weighted by molar-refractivity contribution is -0.119. The maximum Gasteiger partial charge on any atom is 0.414 e. The third kappa shape index (κ3) is 4.12. The van der Waals surface area contributed by atoms with E-state index < -0.39 is 40.9 Å². The Morgan fingerprint density at radius 2 is 1.76 bits per heavy atom. The van der Waals surface area contributed by atoms with Gasteiger partial charge < -0.3 is 14.6 Å². The van der Waals surface area contributed by atoms with Gasteiger partial charge >= 0.3 is 6.09 Å². The molecule has 4 rings (SSSR count). The molecule has 1 atom stereocenters. The minimum absolute atomic E-state index is 0.0673. The largest absolute Gasteiger partial charge is 0.442 e. The predicted octanol–water partition coefficient (Wildman–Crippen LogP) is 3.07. The topological polar surface area (TPSA) is 97.7 Å². The van der Waals surface area contributed by atoms with Gasteiger partial charge in [0.1, 0.15) is 11.9 Å². The summed E-state index contributed by atoms with van der Waals surface area (Å²) >= 11 is 0. The Labute approximate surface area is 190 Å². The number of nitrogens with one attached hydrogen (secondary N) is 1. The predicted molar refractivity (Wildman–Crippen MR) is 116 cm³/mol. The van der Waals surface area contributed by atoms with Crippen LogP contribution in [-0.2, 0) is 9.53 Å². The first-order valence-electron chi connectivity index (χ1n) is 10.1. The van der Waals surface area contributed by atoms with Crippen molar-refractivity contribution in [2.45, 2.75) is 20.0 Å². The van der Waals surface area contributed by atoms with Crippen molar-refractivity contribution in [1.29, 1.82) is 0 Å². The van der Waals surface area contributed by atoms with Crippen LogP contribution in [0.2, 0.25) is 0 Å². The normalized spacial score (nSPS) is 15.5. The van der Waals surface area contributed by atoms with Gasteiger partial charge in [0, 0.05) is 24.6 Å². The molecule has 0 aliphatic carbocycles. The van der Waals surface area contributed by atoms with Gasteiger partial charge in [-0.3, -0.25) is 19.3 Å². The van der Waals surface area contributed by atoms with E-state index in [1.54, 1.807) is 0 Å². The van der Waals surface area contributed by atoms with Crippen LogP contribution in [0.15, 0.2) is 41.3 Å². The molecule has 11 heteroatoms. The fourth-order valence-corrected chi connectivity index (χ4v) is 3.73. The van der Waals surface area contributed by atoms with Gasteiger partial charge in [-0.2, -0.15) is 0 Å². The average Bonchev–Trinajstić information content (AvgIpc) is 3.14. The van der Waals surface area contributed by atoms with Crippen molar-refractivity contribution in [2.24, 2.45) is 0 Å². The van der Waals surface area contributed by atoms with Crippen LogP contribution in [-0.4, -0.2) is 41.5 Å². The third-order valence-electron chi connectivity index (χ3n) is 5.38. The number of cyclic esters (lactones) is 1. The number of nitrogens with zero attached hydrogens (tertiary/aromatic N) is 2. The zero-order valence-electron chi connectivity index (χ0n) is 18.0. The van der Waals surface area contributed by atoms with E-state index in [9.17, 15) is 28.0 Å². The van der Waals surface area contributed by atoms with Crippen LogP contribution in [0.1, 0.15) is 24.2 Å². The van der Waals surface area contributed by atoms with Gasteiger partial charge in [-0.25, -0.2) is 18.0 Å². The highest BCUT2D eigenvalue weighted by atomic mass is 19.2. The summed E-state index contributed by atoms with van der Waals surface area (Å²) in [5.74, 6) is -4.32. The van der Waals surface area contributed by atoms with E-state index in [0.29, 0.717) is 6.07 Å². The zero-order chi connectivity index (χ0) is 24.7. The maximum absolute atomic E-state index is 15.2.